The minimum absolute atomic E-state index is 0.175. The molecule has 0 aliphatic heterocycles. The molecule has 0 radical (unpaired) electrons. The van der Waals surface area contributed by atoms with E-state index in [9.17, 15) is 9.59 Å². The SMILES string of the molecule is CSSC(=O)Nc1ccccc1NC(=S)NC(=O)SC. The van der Waals surface area contributed by atoms with E-state index >= 15 is 0 Å². The second-order valence-electron chi connectivity index (χ2n) is 3.28. The Morgan fingerprint density at radius 1 is 1.05 bits per heavy atom. The van der Waals surface area contributed by atoms with E-state index in [1.807, 2.05) is 6.26 Å². The van der Waals surface area contributed by atoms with Gasteiger partial charge in [-0.15, -0.1) is 0 Å². The van der Waals surface area contributed by atoms with Crippen molar-refractivity contribution < 1.29 is 9.59 Å². The van der Waals surface area contributed by atoms with Gasteiger partial charge in [0.25, 0.3) is 10.5 Å². The number of thiocarbonyl (C=S) groups is 1. The average Bonchev–Trinajstić information content (AvgIpc) is 2.41. The van der Waals surface area contributed by atoms with E-state index in [0.29, 0.717) is 11.4 Å². The van der Waals surface area contributed by atoms with Gasteiger partial charge in [-0.05, 0) is 36.9 Å². The Bertz CT molecular complexity index is 510. The van der Waals surface area contributed by atoms with Crippen molar-refractivity contribution in [1.82, 2.24) is 5.32 Å². The molecular formula is C11H13N3O2S4. The Balaban J connectivity index is 2.72. The number of para-hydroxylation sites is 2. The summed E-state index contributed by atoms with van der Waals surface area (Å²) in [4.78, 5) is 22.8. The summed E-state index contributed by atoms with van der Waals surface area (Å²) in [7, 11) is 2.46. The van der Waals surface area contributed by atoms with Crippen LogP contribution >= 0.6 is 45.6 Å². The molecule has 1 aromatic rings. The quantitative estimate of drug-likeness (QED) is 0.564. The van der Waals surface area contributed by atoms with E-state index < -0.39 is 0 Å². The fourth-order valence-corrected chi connectivity index (χ4v) is 2.56. The van der Waals surface area contributed by atoms with Gasteiger partial charge >= 0.3 is 0 Å². The fraction of sp³-hybridized carbons (Fsp3) is 0.182. The average molecular weight is 348 g/mol. The number of rotatable bonds is 3. The standard InChI is InChI=1S/C11H13N3O2S4/c1-18-10(15)14-9(17)12-7-5-3-4-6-8(7)13-11(16)20-19-2/h3-6H,1-2H3,(H,13,16)(H2,12,14,15,17). The van der Waals surface area contributed by atoms with Crippen LogP contribution in [0, 0.1) is 0 Å². The molecule has 0 saturated heterocycles. The van der Waals surface area contributed by atoms with Crippen LogP contribution in [0.2, 0.25) is 0 Å². The first kappa shape index (κ1) is 17.2. The number of nitrogens with one attached hydrogen (secondary N) is 3. The molecule has 1 aromatic carbocycles. The predicted octanol–water partition coefficient (Wildman–Crippen LogP) is 4.00. The molecule has 0 aromatic heterocycles. The number of amides is 2. The highest BCUT2D eigenvalue weighted by atomic mass is 33.1. The Morgan fingerprint density at radius 3 is 2.20 bits per heavy atom. The van der Waals surface area contributed by atoms with Crippen molar-refractivity contribution in [2.45, 2.75) is 0 Å². The van der Waals surface area contributed by atoms with Gasteiger partial charge in [0, 0.05) is 10.8 Å². The Hall–Kier alpha value is -0.900. The van der Waals surface area contributed by atoms with Crippen LogP contribution in [-0.4, -0.2) is 28.1 Å². The number of thioether (sulfide) groups is 1. The highest BCUT2D eigenvalue weighted by molar-refractivity contribution is 8.82. The van der Waals surface area contributed by atoms with E-state index in [1.165, 1.54) is 10.8 Å². The van der Waals surface area contributed by atoms with Gasteiger partial charge in [0.15, 0.2) is 5.11 Å². The number of anilines is 2. The summed E-state index contributed by atoms with van der Waals surface area (Å²) in [5, 5.41) is 7.89. The van der Waals surface area contributed by atoms with Gasteiger partial charge in [-0.25, -0.2) is 0 Å². The summed E-state index contributed by atoms with van der Waals surface area (Å²) in [6, 6.07) is 7.11. The summed E-state index contributed by atoms with van der Waals surface area (Å²) in [6.45, 7) is 0. The first-order valence-electron chi connectivity index (χ1n) is 5.33. The van der Waals surface area contributed by atoms with Crippen LogP contribution in [-0.2, 0) is 0 Å². The topological polar surface area (TPSA) is 70.2 Å². The lowest BCUT2D eigenvalue weighted by molar-refractivity contribution is 0.264. The van der Waals surface area contributed by atoms with Gasteiger partial charge in [0.05, 0.1) is 11.4 Å². The lowest BCUT2D eigenvalue weighted by Gasteiger charge is -2.13. The van der Waals surface area contributed by atoms with Gasteiger partial charge in [-0.2, -0.15) is 0 Å². The fourth-order valence-electron chi connectivity index (χ4n) is 1.20. The van der Waals surface area contributed by atoms with E-state index in [0.717, 1.165) is 22.6 Å². The van der Waals surface area contributed by atoms with Crippen molar-refractivity contribution in [2.75, 3.05) is 23.1 Å². The van der Waals surface area contributed by atoms with Crippen molar-refractivity contribution in [3.05, 3.63) is 24.3 Å². The monoisotopic (exact) mass is 347 g/mol. The predicted molar refractivity (Wildman–Crippen MR) is 94.8 cm³/mol. The molecule has 9 heteroatoms. The van der Waals surface area contributed by atoms with Crippen molar-refractivity contribution in [3.63, 3.8) is 0 Å². The first-order chi connectivity index (χ1) is 9.56. The summed E-state index contributed by atoms with van der Waals surface area (Å²) in [6.07, 6.45) is 3.48. The van der Waals surface area contributed by atoms with Crippen molar-refractivity contribution in [3.8, 4) is 0 Å². The largest absolute Gasteiger partial charge is 0.331 e. The number of carbonyl (C=O) groups excluding carboxylic acids is 2. The Labute approximate surface area is 134 Å². The lowest BCUT2D eigenvalue weighted by atomic mass is 10.2. The third kappa shape index (κ3) is 6.04. The number of benzene rings is 1. The molecule has 108 valence electrons. The summed E-state index contributed by atoms with van der Waals surface area (Å²) < 4.78 is 0. The van der Waals surface area contributed by atoms with E-state index in [2.05, 4.69) is 16.0 Å². The molecule has 0 spiro atoms. The van der Waals surface area contributed by atoms with Gasteiger partial charge in [-0.3, -0.25) is 14.9 Å². The molecule has 5 nitrogen and oxygen atoms in total. The van der Waals surface area contributed by atoms with Crippen molar-refractivity contribution >= 4 is 72.5 Å². The molecule has 3 N–H and O–H groups in total. The van der Waals surface area contributed by atoms with Crippen LogP contribution < -0.4 is 16.0 Å². The second-order valence-corrected chi connectivity index (χ2v) is 6.84. The van der Waals surface area contributed by atoms with Crippen LogP contribution in [0.25, 0.3) is 0 Å². The molecule has 0 atom stereocenters. The van der Waals surface area contributed by atoms with Gasteiger partial charge in [-0.1, -0.05) is 34.7 Å². The lowest BCUT2D eigenvalue weighted by Crippen LogP contribution is -2.31. The zero-order valence-corrected chi connectivity index (χ0v) is 14.0. The van der Waals surface area contributed by atoms with Crippen LogP contribution in [0.4, 0.5) is 21.0 Å². The third-order valence-corrected chi connectivity index (χ3v) is 4.02. The van der Waals surface area contributed by atoms with Crippen LogP contribution in [0.15, 0.2) is 24.3 Å². The Kier molecular flexibility index (Phi) is 7.82. The molecule has 0 bridgehead atoms. The van der Waals surface area contributed by atoms with E-state index in [-0.39, 0.29) is 15.6 Å². The number of hydrogen-bond donors (Lipinski definition) is 3. The second kappa shape index (κ2) is 9.11. The maximum absolute atomic E-state index is 11.6. The molecule has 0 aliphatic carbocycles. The molecule has 0 fully saturated rings. The third-order valence-electron chi connectivity index (χ3n) is 1.97. The minimum atomic E-state index is -0.248. The zero-order chi connectivity index (χ0) is 15.0. The normalized spacial score (nSPS) is 9.70. The van der Waals surface area contributed by atoms with Crippen molar-refractivity contribution in [1.29, 1.82) is 0 Å². The van der Waals surface area contributed by atoms with E-state index in [4.69, 9.17) is 12.2 Å². The number of carbonyl (C=O) groups is 2. The molecule has 2 amide bonds. The highest BCUT2D eigenvalue weighted by Crippen LogP contribution is 2.25. The molecule has 20 heavy (non-hydrogen) atoms. The maximum Gasteiger partial charge on any atom is 0.294 e. The first-order valence-corrected chi connectivity index (χ1v) is 9.52. The molecule has 1 rings (SSSR count). The van der Waals surface area contributed by atoms with Crippen LogP contribution in [0.5, 0.6) is 0 Å². The number of hydrogen-bond acceptors (Lipinski definition) is 6. The smallest absolute Gasteiger partial charge is 0.294 e. The highest BCUT2D eigenvalue weighted by Gasteiger charge is 2.09. The van der Waals surface area contributed by atoms with Gasteiger partial charge < -0.3 is 10.6 Å². The van der Waals surface area contributed by atoms with Crippen LogP contribution in [0.3, 0.4) is 0 Å². The summed E-state index contributed by atoms with van der Waals surface area (Å²) in [5.41, 5.74) is 1.22. The molecule has 0 aliphatic rings. The van der Waals surface area contributed by atoms with E-state index in [1.54, 1.807) is 30.5 Å². The summed E-state index contributed by atoms with van der Waals surface area (Å²) >= 11 is 6.06. The molecule has 0 heterocycles. The Morgan fingerprint density at radius 2 is 1.65 bits per heavy atom. The van der Waals surface area contributed by atoms with Gasteiger partial charge in [0.2, 0.25) is 0 Å². The van der Waals surface area contributed by atoms with Crippen molar-refractivity contribution in [2.24, 2.45) is 0 Å². The maximum atomic E-state index is 11.6. The minimum Gasteiger partial charge on any atom is -0.331 e. The zero-order valence-electron chi connectivity index (χ0n) is 10.8. The summed E-state index contributed by atoms with van der Waals surface area (Å²) in [5.74, 6) is 0. The molecule has 0 unspecified atom stereocenters. The molecule has 0 saturated carbocycles. The van der Waals surface area contributed by atoms with Gasteiger partial charge in [0.1, 0.15) is 0 Å². The van der Waals surface area contributed by atoms with Crippen LogP contribution in [0.1, 0.15) is 0 Å². The molecular weight excluding hydrogens is 334 g/mol.